The molecule has 0 bridgehead atoms. The number of hydrogen-bond donors (Lipinski definition) is 3. The van der Waals surface area contributed by atoms with Crippen LogP contribution in [0.15, 0.2) is 0 Å². The van der Waals surface area contributed by atoms with E-state index in [2.05, 4.69) is 28.0 Å². The number of amides is 2. The normalized spacial score (nSPS) is 36.3. The first kappa shape index (κ1) is 16.7. The molecule has 23 heavy (non-hydrogen) atoms. The molecule has 6 nitrogen and oxygen atoms in total. The highest BCUT2D eigenvalue weighted by molar-refractivity contribution is 5.79. The lowest BCUT2D eigenvalue weighted by molar-refractivity contribution is -0.128. The third kappa shape index (κ3) is 4.44. The van der Waals surface area contributed by atoms with E-state index in [9.17, 15) is 9.59 Å². The van der Waals surface area contributed by atoms with E-state index < -0.39 is 0 Å². The van der Waals surface area contributed by atoms with Gasteiger partial charge in [0.25, 0.3) is 0 Å². The molecule has 2 amide bonds. The Kier molecular flexibility index (Phi) is 5.54. The summed E-state index contributed by atoms with van der Waals surface area (Å²) < 4.78 is 0. The molecule has 1 saturated carbocycles. The van der Waals surface area contributed by atoms with E-state index in [4.69, 9.17) is 0 Å². The van der Waals surface area contributed by atoms with Crippen molar-refractivity contribution in [2.24, 2.45) is 11.8 Å². The summed E-state index contributed by atoms with van der Waals surface area (Å²) in [6, 6.07) is 0.589. The van der Waals surface area contributed by atoms with Crippen molar-refractivity contribution in [1.29, 1.82) is 0 Å². The fourth-order valence-electron chi connectivity index (χ4n) is 4.14. The Morgan fingerprint density at radius 2 is 2.00 bits per heavy atom. The molecular formula is C17H30N4O2. The summed E-state index contributed by atoms with van der Waals surface area (Å²) in [4.78, 5) is 26.5. The molecular weight excluding hydrogens is 292 g/mol. The summed E-state index contributed by atoms with van der Waals surface area (Å²) in [7, 11) is 0. The molecule has 3 N–H and O–H groups in total. The second-order valence-corrected chi connectivity index (χ2v) is 7.59. The van der Waals surface area contributed by atoms with Crippen LogP contribution in [0.25, 0.3) is 0 Å². The molecule has 2 unspecified atom stereocenters. The maximum absolute atomic E-state index is 12.6. The van der Waals surface area contributed by atoms with Crippen LogP contribution in [0.5, 0.6) is 0 Å². The molecule has 3 aliphatic rings. The Hall–Kier alpha value is -1.14. The Balaban J connectivity index is 1.49. The molecule has 3 fully saturated rings. The number of hydrazine groups is 1. The fraction of sp³-hybridized carbons (Fsp3) is 0.882. The Morgan fingerprint density at radius 3 is 2.74 bits per heavy atom. The van der Waals surface area contributed by atoms with Crippen LogP contribution in [-0.2, 0) is 9.59 Å². The van der Waals surface area contributed by atoms with Crippen molar-refractivity contribution in [3.63, 3.8) is 0 Å². The average molecular weight is 322 g/mol. The predicted octanol–water partition coefficient (Wildman–Crippen LogP) is 0.786. The summed E-state index contributed by atoms with van der Waals surface area (Å²) in [5, 5.41) is 3.28. The minimum atomic E-state index is 0.0455. The number of piperidine rings is 1. The lowest BCUT2D eigenvalue weighted by Gasteiger charge is -2.39. The van der Waals surface area contributed by atoms with Crippen LogP contribution in [0.3, 0.4) is 0 Å². The number of rotatable bonds is 3. The van der Waals surface area contributed by atoms with Gasteiger partial charge < -0.3 is 5.32 Å². The lowest BCUT2D eigenvalue weighted by atomic mass is 9.86. The number of hydrogen-bond acceptors (Lipinski definition) is 4. The van der Waals surface area contributed by atoms with Crippen molar-refractivity contribution in [2.75, 3.05) is 19.6 Å². The molecule has 0 radical (unpaired) electrons. The molecule has 6 heteroatoms. The third-order valence-electron chi connectivity index (χ3n) is 5.69. The second kappa shape index (κ2) is 7.62. The Morgan fingerprint density at radius 1 is 1.22 bits per heavy atom. The molecule has 130 valence electrons. The molecule has 0 aromatic heterocycles. The first-order chi connectivity index (χ1) is 11.1. The Labute approximate surface area is 138 Å². The molecule has 2 aliphatic heterocycles. The van der Waals surface area contributed by atoms with E-state index in [-0.39, 0.29) is 23.8 Å². The predicted molar refractivity (Wildman–Crippen MR) is 88.4 cm³/mol. The number of carbonyl (C=O) groups is 2. The second-order valence-electron chi connectivity index (χ2n) is 7.59. The summed E-state index contributed by atoms with van der Waals surface area (Å²) in [5.74, 6) is 1.15. The standard InChI is InChI=1S/C17H30N4O2/c1-12-4-6-14(7-5-12)19-17(23)13-3-2-8-21(11-13)15-9-16(22)20-18-10-15/h12-15,18H,2-11H2,1H3,(H,19,23)(H,20,22). The third-order valence-corrected chi connectivity index (χ3v) is 5.69. The topological polar surface area (TPSA) is 73.5 Å². The van der Waals surface area contributed by atoms with Gasteiger partial charge in [0.15, 0.2) is 0 Å². The van der Waals surface area contributed by atoms with Crippen LogP contribution in [0.4, 0.5) is 0 Å². The number of likely N-dealkylation sites (tertiary alicyclic amines) is 1. The van der Waals surface area contributed by atoms with E-state index in [0.29, 0.717) is 12.5 Å². The number of nitrogens with one attached hydrogen (secondary N) is 3. The van der Waals surface area contributed by atoms with Crippen molar-refractivity contribution < 1.29 is 9.59 Å². The van der Waals surface area contributed by atoms with Gasteiger partial charge in [-0.1, -0.05) is 6.92 Å². The molecule has 0 aromatic carbocycles. The van der Waals surface area contributed by atoms with Gasteiger partial charge in [0.05, 0.1) is 5.92 Å². The van der Waals surface area contributed by atoms with E-state index in [1.165, 1.54) is 12.8 Å². The van der Waals surface area contributed by atoms with Crippen molar-refractivity contribution in [3.05, 3.63) is 0 Å². The van der Waals surface area contributed by atoms with Crippen LogP contribution >= 0.6 is 0 Å². The van der Waals surface area contributed by atoms with Gasteiger partial charge >= 0.3 is 0 Å². The van der Waals surface area contributed by atoms with Gasteiger partial charge in [-0.2, -0.15) is 0 Å². The van der Waals surface area contributed by atoms with Crippen LogP contribution in [0, 0.1) is 11.8 Å². The molecule has 3 rings (SSSR count). The van der Waals surface area contributed by atoms with Gasteiger partial charge in [0.2, 0.25) is 11.8 Å². The van der Waals surface area contributed by atoms with Gasteiger partial charge in [-0.3, -0.25) is 19.9 Å². The molecule has 0 spiro atoms. The maximum Gasteiger partial charge on any atom is 0.235 e. The highest BCUT2D eigenvalue weighted by Crippen LogP contribution is 2.25. The van der Waals surface area contributed by atoms with Crippen molar-refractivity contribution >= 4 is 11.8 Å². The molecule has 2 atom stereocenters. The van der Waals surface area contributed by atoms with E-state index in [1.54, 1.807) is 0 Å². The number of nitrogens with zero attached hydrogens (tertiary/aromatic N) is 1. The highest BCUT2D eigenvalue weighted by Gasteiger charge is 2.33. The van der Waals surface area contributed by atoms with Crippen molar-refractivity contribution in [2.45, 2.75) is 64.0 Å². The largest absolute Gasteiger partial charge is 0.353 e. The average Bonchev–Trinajstić information content (AvgIpc) is 2.57. The number of carbonyl (C=O) groups excluding carboxylic acids is 2. The Bertz CT molecular complexity index is 434. The summed E-state index contributed by atoms with van der Waals surface area (Å²) in [5.41, 5.74) is 5.60. The van der Waals surface area contributed by atoms with Crippen molar-refractivity contribution in [1.82, 2.24) is 21.1 Å². The summed E-state index contributed by atoms with van der Waals surface area (Å²) in [6.45, 7) is 4.84. The highest BCUT2D eigenvalue weighted by atomic mass is 16.2. The van der Waals surface area contributed by atoms with Crippen LogP contribution in [0.2, 0.25) is 0 Å². The fourth-order valence-corrected chi connectivity index (χ4v) is 4.14. The minimum Gasteiger partial charge on any atom is -0.353 e. The van der Waals surface area contributed by atoms with Crippen molar-refractivity contribution in [3.8, 4) is 0 Å². The monoisotopic (exact) mass is 322 g/mol. The molecule has 2 saturated heterocycles. The zero-order chi connectivity index (χ0) is 16.2. The molecule has 2 heterocycles. The first-order valence-corrected chi connectivity index (χ1v) is 9.18. The zero-order valence-electron chi connectivity index (χ0n) is 14.1. The van der Waals surface area contributed by atoms with Gasteiger partial charge in [0, 0.05) is 31.6 Å². The van der Waals surface area contributed by atoms with Gasteiger partial charge in [-0.25, -0.2) is 5.43 Å². The summed E-state index contributed by atoms with van der Waals surface area (Å²) >= 11 is 0. The summed E-state index contributed by atoms with van der Waals surface area (Å²) in [6.07, 6.45) is 7.23. The maximum atomic E-state index is 12.6. The minimum absolute atomic E-state index is 0.0455. The van der Waals surface area contributed by atoms with Crippen LogP contribution in [-0.4, -0.2) is 48.4 Å². The smallest absolute Gasteiger partial charge is 0.235 e. The van der Waals surface area contributed by atoms with Crippen LogP contribution < -0.4 is 16.2 Å². The van der Waals surface area contributed by atoms with Crippen LogP contribution in [0.1, 0.15) is 51.9 Å². The van der Waals surface area contributed by atoms with E-state index in [1.807, 2.05) is 0 Å². The van der Waals surface area contributed by atoms with E-state index in [0.717, 1.165) is 51.2 Å². The zero-order valence-corrected chi connectivity index (χ0v) is 14.1. The van der Waals surface area contributed by atoms with Gasteiger partial charge in [0.1, 0.15) is 0 Å². The van der Waals surface area contributed by atoms with E-state index >= 15 is 0 Å². The molecule has 1 aliphatic carbocycles. The quantitative estimate of drug-likeness (QED) is 0.718. The first-order valence-electron chi connectivity index (χ1n) is 9.18. The van der Waals surface area contributed by atoms with Gasteiger partial charge in [-0.15, -0.1) is 0 Å². The van der Waals surface area contributed by atoms with Gasteiger partial charge in [-0.05, 0) is 51.0 Å². The lowest BCUT2D eigenvalue weighted by Crippen LogP contribution is -2.58. The SMILES string of the molecule is CC1CCC(NC(=O)C2CCCN(C3CNNC(=O)C3)C2)CC1. The molecule has 0 aromatic rings.